The van der Waals surface area contributed by atoms with Crippen LogP contribution in [0.1, 0.15) is 11.4 Å². The Morgan fingerprint density at radius 2 is 2.22 bits per heavy atom. The molecule has 0 aromatic carbocycles. The second-order valence-corrected chi connectivity index (χ2v) is 4.19. The molecule has 0 aliphatic heterocycles. The zero-order chi connectivity index (χ0) is 12.2. The fourth-order valence-corrected chi connectivity index (χ4v) is 1.96. The minimum absolute atomic E-state index is 0.871. The van der Waals surface area contributed by atoms with Gasteiger partial charge in [0.1, 0.15) is 5.82 Å². The average Bonchev–Trinajstić information content (AvgIpc) is 3.04. The summed E-state index contributed by atoms with van der Waals surface area (Å²) in [5.41, 5.74) is 2.17. The van der Waals surface area contributed by atoms with Gasteiger partial charge in [0.05, 0.1) is 0 Å². The number of aromatic nitrogens is 4. The summed E-state index contributed by atoms with van der Waals surface area (Å²) in [5.74, 6) is 0.993. The summed E-state index contributed by atoms with van der Waals surface area (Å²) in [6.07, 6.45) is 6.80. The third-order valence-electron chi connectivity index (χ3n) is 2.90. The molecule has 92 valence electrons. The molecule has 3 rings (SSSR count). The lowest BCUT2D eigenvalue weighted by Gasteiger charge is -2.02. The zero-order valence-corrected chi connectivity index (χ0v) is 10.0. The van der Waals surface area contributed by atoms with Crippen LogP contribution in [0, 0.1) is 0 Å². The number of nitrogens with one attached hydrogen (secondary N) is 2. The Labute approximate surface area is 105 Å². The smallest absolute Gasteiger partial charge is 0.160 e. The third kappa shape index (κ3) is 2.26. The quantitative estimate of drug-likeness (QED) is 0.664. The summed E-state index contributed by atoms with van der Waals surface area (Å²) in [6.45, 7) is 1.76. The zero-order valence-electron chi connectivity index (χ0n) is 10.0. The van der Waals surface area contributed by atoms with E-state index in [4.69, 9.17) is 0 Å². The molecular weight excluding hydrogens is 226 g/mol. The molecule has 0 amide bonds. The van der Waals surface area contributed by atoms with Crippen LogP contribution in [0.25, 0.3) is 5.65 Å². The van der Waals surface area contributed by atoms with Crippen LogP contribution in [0.2, 0.25) is 0 Å². The molecule has 5 heteroatoms. The van der Waals surface area contributed by atoms with Gasteiger partial charge in [-0.25, -0.2) is 0 Å². The molecule has 0 saturated carbocycles. The van der Waals surface area contributed by atoms with Crippen LogP contribution < -0.4 is 5.32 Å². The Morgan fingerprint density at radius 3 is 3.11 bits per heavy atom. The number of fused-ring (bicyclic) bond motifs is 1. The van der Waals surface area contributed by atoms with Gasteiger partial charge in [-0.15, -0.1) is 10.2 Å². The van der Waals surface area contributed by atoms with Crippen LogP contribution in [-0.2, 0) is 13.0 Å². The second-order valence-electron chi connectivity index (χ2n) is 4.19. The maximum atomic E-state index is 4.20. The Bertz CT molecular complexity index is 611. The molecule has 2 N–H and O–H groups in total. The molecule has 3 aromatic heterocycles. The van der Waals surface area contributed by atoms with Gasteiger partial charge >= 0.3 is 0 Å². The van der Waals surface area contributed by atoms with E-state index in [1.807, 2.05) is 41.2 Å². The van der Waals surface area contributed by atoms with Crippen LogP contribution in [0.4, 0.5) is 0 Å². The first-order valence-electron chi connectivity index (χ1n) is 6.04. The molecule has 3 heterocycles. The number of aromatic amines is 1. The van der Waals surface area contributed by atoms with Crippen LogP contribution in [0.5, 0.6) is 0 Å². The van der Waals surface area contributed by atoms with E-state index in [0.29, 0.717) is 0 Å². The number of hydrogen-bond acceptors (Lipinski definition) is 3. The highest BCUT2D eigenvalue weighted by Crippen LogP contribution is 2.03. The number of pyridine rings is 1. The lowest BCUT2D eigenvalue weighted by molar-refractivity contribution is 0.667. The van der Waals surface area contributed by atoms with Crippen LogP contribution in [0.15, 0.2) is 42.9 Å². The predicted octanol–water partition coefficient (Wildman–Crippen LogP) is 1.39. The van der Waals surface area contributed by atoms with Crippen LogP contribution in [-0.4, -0.2) is 26.1 Å². The summed E-state index contributed by atoms with van der Waals surface area (Å²) in [5, 5.41) is 11.7. The summed E-state index contributed by atoms with van der Waals surface area (Å²) >= 11 is 0. The molecule has 0 unspecified atom stereocenters. The molecule has 0 spiro atoms. The van der Waals surface area contributed by atoms with E-state index < -0.39 is 0 Å². The van der Waals surface area contributed by atoms with Crippen LogP contribution in [0.3, 0.4) is 0 Å². The predicted molar refractivity (Wildman–Crippen MR) is 69.2 cm³/mol. The van der Waals surface area contributed by atoms with Gasteiger partial charge in [-0.05, 0) is 23.8 Å². The SMILES string of the molecule is c1ccn2c(CCNCc3cc[nH]c3)nnc2c1. The normalized spacial score (nSPS) is 11.1. The fraction of sp³-hybridized carbons (Fsp3) is 0.231. The molecule has 0 bridgehead atoms. The molecule has 5 nitrogen and oxygen atoms in total. The molecule has 0 saturated heterocycles. The average molecular weight is 241 g/mol. The van der Waals surface area contributed by atoms with Crippen molar-refractivity contribution in [2.75, 3.05) is 6.54 Å². The first-order valence-corrected chi connectivity index (χ1v) is 6.04. The summed E-state index contributed by atoms with van der Waals surface area (Å²) < 4.78 is 2.03. The largest absolute Gasteiger partial charge is 0.367 e. The fourth-order valence-electron chi connectivity index (χ4n) is 1.96. The van der Waals surface area contributed by atoms with Crippen molar-refractivity contribution < 1.29 is 0 Å². The first-order chi connectivity index (χ1) is 8.93. The number of H-pyrrole nitrogens is 1. The summed E-state index contributed by atoms with van der Waals surface area (Å²) in [7, 11) is 0. The Balaban J connectivity index is 1.57. The topological polar surface area (TPSA) is 58.0 Å². The minimum atomic E-state index is 0.871. The van der Waals surface area contributed by atoms with Crippen molar-refractivity contribution in [1.29, 1.82) is 0 Å². The highest BCUT2D eigenvalue weighted by Gasteiger charge is 2.03. The lowest BCUT2D eigenvalue weighted by atomic mass is 10.3. The minimum Gasteiger partial charge on any atom is -0.367 e. The molecule has 0 fully saturated rings. The van der Waals surface area contributed by atoms with E-state index in [1.165, 1.54) is 5.56 Å². The Kier molecular flexibility index (Phi) is 3.06. The molecule has 18 heavy (non-hydrogen) atoms. The van der Waals surface area contributed by atoms with E-state index in [9.17, 15) is 0 Å². The summed E-state index contributed by atoms with van der Waals surface area (Å²) in [6, 6.07) is 7.99. The maximum absolute atomic E-state index is 4.20. The van der Waals surface area contributed by atoms with Crippen molar-refractivity contribution in [3.63, 3.8) is 0 Å². The van der Waals surface area contributed by atoms with Gasteiger partial charge in [-0.2, -0.15) is 0 Å². The highest BCUT2D eigenvalue weighted by atomic mass is 15.2. The first kappa shape index (κ1) is 11.0. The van der Waals surface area contributed by atoms with Crippen molar-refractivity contribution in [2.24, 2.45) is 0 Å². The van der Waals surface area contributed by atoms with E-state index in [1.54, 1.807) is 0 Å². The van der Waals surface area contributed by atoms with Gasteiger partial charge in [-0.3, -0.25) is 4.40 Å². The second kappa shape index (κ2) is 5.01. The van der Waals surface area contributed by atoms with E-state index in [2.05, 4.69) is 26.6 Å². The Morgan fingerprint density at radius 1 is 1.22 bits per heavy atom. The lowest BCUT2D eigenvalue weighted by Crippen LogP contribution is -2.17. The number of nitrogens with zero attached hydrogens (tertiary/aromatic N) is 3. The van der Waals surface area contributed by atoms with E-state index >= 15 is 0 Å². The molecule has 0 aliphatic carbocycles. The third-order valence-corrected chi connectivity index (χ3v) is 2.90. The van der Waals surface area contributed by atoms with Gasteiger partial charge in [-0.1, -0.05) is 6.07 Å². The van der Waals surface area contributed by atoms with Gasteiger partial charge in [0.2, 0.25) is 0 Å². The van der Waals surface area contributed by atoms with Gasteiger partial charge in [0.25, 0.3) is 0 Å². The van der Waals surface area contributed by atoms with Gasteiger partial charge in [0.15, 0.2) is 5.65 Å². The standard InChI is InChI=1S/C13H15N5/c1-2-8-18-12(3-1)16-17-13(18)5-7-15-10-11-4-6-14-9-11/h1-4,6,8-9,14-15H,5,7,10H2. The molecule has 0 atom stereocenters. The Hall–Kier alpha value is -2.14. The van der Waals surface area contributed by atoms with Gasteiger partial charge < -0.3 is 10.3 Å². The molecule has 0 aliphatic rings. The van der Waals surface area contributed by atoms with Crippen molar-refractivity contribution in [1.82, 2.24) is 24.9 Å². The van der Waals surface area contributed by atoms with Crippen molar-refractivity contribution >= 4 is 5.65 Å². The highest BCUT2D eigenvalue weighted by molar-refractivity contribution is 5.36. The summed E-state index contributed by atoms with van der Waals surface area (Å²) in [4.78, 5) is 3.04. The number of hydrogen-bond donors (Lipinski definition) is 2. The molecular formula is C13H15N5. The molecule has 3 aromatic rings. The van der Waals surface area contributed by atoms with Crippen molar-refractivity contribution in [3.8, 4) is 0 Å². The van der Waals surface area contributed by atoms with E-state index in [-0.39, 0.29) is 0 Å². The maximum Gasteiger partial charge on any atom is 0.160 e. The van der Waals surface area contributed by atoms with Crippen LogP contribution >= 0.6 is 0 Å². The van der Waals surface area contributed by atoms with Crippen molar-refractivity contribution in [2.45, 2.75) is 13.0 Å². The monoisotopic (exact) mass is 241 g/mol. The van der Waals surface area contributed by atoms with Gasteiger partial charge in [0, 0.05) is 38.1 Å². The molecule has 0 radical (unpaired) electrons. The number of rotatable bonds is 5. The van der Waals surface area contributed by atoms with E-state index in [0.717, 1.165) is 31.0 Å². The van der Waals surface area contributed by atoms with Crippen molar-refractivity contribution in [3.05, 3.63) is 54.2 Å².